The summed E-state index contributed by atoms with van der Waals surface area (Å²) >= 11 is 5.99. The molecule has 0 unspecified atom stereocenters. The smallest absolute Gasteiger partial charge is 0.0737 e. The maximum absolute atomic E-state index is 10.1. The van der Waals surface area contributed by atoms with E-state index in [9.17, 15) is 5.11 Å². The van der Waals surface area contributed by atoms with Crippen molar-refractivity contribution < 1.29 is 5.11 Å². The standard InChI is InChI=1S/C17H24ClN3O/c1-3-21(4-2)12-14(22)7-9-19-16-8-10-20-17-11-13(18)5-6-15(16)17/h5-6,8,10-11,14,22H,3-4,7,9,12H2,1-2H3,(H,19,20)/t14-/m1/s1. The van der Waals surface area contributed by atoms with Crippen molar-refractivity contribution in [1.29, 1.82) is 0 Å². The number of benzene rings is 1. The van der Waals surface area contributed by atoms with Crippen LogP contribution in [0.2, 0.25) is 5.02 Å². The van der Waals surface area contributed by atoms with E-state index in [4.69, 9.17) is 11.6 Å². The van der Waals surface area contributed by atoms with Crippen LogP contribution in [0.4, 0.5) is 5.69 Å². The van der Waals surface area contributed by atoms with Gasteiger partial charge in [0, 0.05) is 35.4 Å². The van der Waals surface area contributed by atoms with Crippen LogP contribution < -0.4 is 5.32 Å². The maximum atomic E-state index is 10.1. The number of pyridine rings is 1. The van der Waals surface area contributed by atoms with Gasteiger partial charge >= 0.3 is 0 Å². The van der Waals surface area contributed by atoms with Gasteiger partial charge in [-0.2, -0.15) is 0 Å². The van der Waals surface area contributed by atoms with Gasteiger partial charge in [-0.15, -0.1) is 0 Å². The number of aliphatic hydroxyl groups is 1. The molecule has 1 heterocycles. The first kappa shape index (κ1) is 17.0. The van der Waals surface area contributed by atoms with E-state index in [1.165, 1.54) is 0 Å². The predicted molar refractivity (Wildman–Crippen MR) is 93.7 cm³/mol. The summed E-state index contributed by atoms with van der Waals surface area (Å²) in [5, 5.41) is 15.2. The van der Waals surface area contributed by atoms with Gasteiger partial charge in [0.15, 0.2) is 0 Å². The lowest BCUT2D eigenvalue weighted by Gasteiger charge is -2.22. The molecule has 4 nitrogen and oxygen atoms in total. The first-order chi connectivity index (χ1) is 10.6. The minimum atomic E-state index is -0.310. The van der Waals surface area contributed by atoms with Crippen LogP contribution in [0.15, 0.2) is 30.5 Å². The summed E-state index contributed by atoms with van der Waals surface area (Å²) in [6.45, 7) is 7.62. The second-order valence-corrected chi connectivity index (χ2v) is 5.81. The zero-order valence-corrected chi connectivity index (χ0v) is 14.0. The van der Waals surface area contributed by atoms with Gasteiger partial charge in [0.1, 0.15) is 0 Å². The normalized spacial score (nSPS) is 12.8. The van der Waals surface area contributed by atoms with E-state index in [1.807, 2.05) is 24.3 Å². The summed E-state index contributed by atoms with van der Waals surface area (Å²) in [5.41, 5.74) is 1.90. The fourth-order valence-electron chi connectivity index (χ4n) is 2.52. The van der Waals surface area contributed by atoms with Gasteiger partial charge in [-0.1, -0.05) is 25.4 Å². The number of anilines is 1. The van der Waals surface area contributed by atoms with Crippen LogP contribution in [0.1, 0.15) is 20.3 Å². The molecule has 2 N–H and O–H groups in total. The molecule has 1 aromatic heterocycles. The summed E-state index contributed by atoms with van der Waals surface area (Å²) in [5.74, 6) is 0. The summed E-state index contributed by atoms with van der Waals surface area (Å²) < 4.78 is 0. The van der Waals surface area contributed by atoms with Gasteiger partial charge in [-0.3, -0.25) is 4.98 Å². The Balaban J connectivity index is 1.92. The minimum Gasteiger partial charge on any atom is -0.392 e. The molecule has 1 aromatic carbocycles. The summed E-state index contributed by atoms with van der Waals surface area (Å²) in [4.78, 5) is 6.56. The van der Waals surface area contributed by atoms with E-state index in [0.29, 0.717) is 11.4 Å². The molecule has 2 aromatic rings. The highest BCUT2D eigenvalue weighted by Crippen LogP contribution is 2.24. The lowest BCUT2D eigenvalue weighted by molar-refractivity contribution is 0.113. The SMILES string of the molecule is CCN(CC)C[C@H](O)CCNc1ccnc2cc(Cl)ccc12. The maximum Gasteiger partial charge on any atom is 0.0737 e. The van der Waals surface area contributed by atoms with Gasteiger partial charge in [0.2, 0.25) is 0 Å². The molecule has 0 amide bonds. The van der Waals surface area contributed by atoms with Crippen LogP contribution >= 0.6 is 11.6 Å². The Kier molecular flexibility index (Phi) is 6.43. The molecule has 0 radical (unpaired) electrons. The second-order valence-electron chi connectivity index (χ2n) is 5.38. The lowest BCUT2D eigenvalue weighted by atomic mass is 10.1. The fourth-order valence-corrected chi connectivity index (χ4v) is 2.69. The van der Waals surface area contributed by atoms with Crippen LogP contribution in [0.5, 0.6) is 0 Å². The number of nitrogens with one attached hydrogen (secondary N) is 1. The predicted octanol–water partition coefficient (Wildman–Crippen LogP) is 3.39. The second kappa shape index (κ2) is 8.32. The Labute approximate surface area is 137 Å². The van der Waals surface area contributed by atoms with Gasteiger partial charge < -0.3 is 15.3 Å². The van der Waals surface area contributed by atoms with Crippen molar-refractivity contribution in [3.05, 3.63) is 35.5 Å². The molecule has 0 saturated carbocycles. The topological polar surface area (TPSA) is 48.4 Å². The number of hydrogen-bond donors (Lipinski definition) is 2. The van der Waals surface area contributed by atoms with E-state index in [2.05, 4.69) is 29.0 Å². The van der Waals surface area contributed by atoms with Gasteiger partial charge in [-0.25, -0.2) is 0 Å². The number of fused-ring (bicyclic) bond motifs is 1. The largest absolute Gasteiger partial charge is 0.392 e. The highest BCUT2D eigenvalue weighted by Gasteiger charge is 2.09. The van der Waals surface area contributed by atoms with Crippen molar-refractivity contribution in [1.82, 2.24) is 9.88 Å². The molecule has 0 fully saturated rings. The molecule has 1 atom stereocenters. The third-order valence-electron chi connectivity index (χ3n) is 3.86. The summed E-state index contributed by atoms with van der Waals surface area (Å²) in [7, 11) is 0. The van der Waals surface area contributed by atoms with Crippen molar-refractivity contribution >= 4 is 28.2 Å². The van der Waals surface area contributed by atoms with Crippen LogP contribution in [0.25, 0.3) is 10.9 Å². The monoisotopic (exact) mass is 321 g/mol. The van der Waals surface area contributed by atoms with Crippen LogP contribution in [0, 0.1) is 0 Å². The first-order valence-electron chi connectivity index (χ1n) is 7.82. The summed E-state index contributed by atoms with van der Waals surface area (Å²) in [6, 6.07) is 7.65. The molecule has 0 bridgehead atoms. The zero-order chi connectivity index (χ0) is 15.9. The number of hydrogen-bond acceptors (Lipinski definition) is 4. The van der Waals surface area contributed by atoms with Crippen molar-refractivity contribution in [3.63, 3.8) is 0 Å². The van der Waals surface area contributed by atoms with Crippen LogP contribution in [-0.4, -0.2) is 47.3 Å². The Morgan fingerprint density at radius 2 is 2.05 bits per heavy atom. The average Bonchev–Trinajstić information content (AvgIpc) is 2.52. The van der Waals surface area contributed by atoms with Crippen molar-refractivity contribution in [2.24, 2.45) is 0 Å². The number of aromatic nitrogens is 1. The van der Waals surface area contributed by atoms with E-state index in [1.54, 1.807) is 6.20 Å². The third kappa shape index (κ3) is 4.57. The lowest BCUT2D eigenvalue weighted by Crippen LogP contribution is -2.33. The van der Waals surface area contributed by atoms with E-state index in [0.717, 1.165) is 42.8 Å². The molecule has 5 heteroatoms. The van der Waals surface area contributed by atoms with Crippen LogP contribution in [-0.2, 0) is 0 Å². The van der Waals surface area contributed by atoms with E-state index >= 15 is 0 Å². The molecule has 0 spiro atoms. The molecule has 22 heavy (non-hydrogen) atoms. The summed E-state index contributed by atoms with van der Waals surface area (Å²) in [6.07, 6.45) is 2.18. The Bertz CT molecular complexity index is 601. The molecule has 120 valence electrons. The first-order valence-corrected chi connectivity index (χ1v) is 8.20. The molecular weight excluding hydrogens is 298 g/mol. The molecule has 0 aliphatic carbocycles. The van der Waals surface area contributed by atoms with Crippen molar-refractivity contribution in [3.8, 4) is 0 Å². The Hall–Kier alpha value is -1.36. The molecule has 0 aliphatic rings. The van der Waals surface area contributed by atoms with E-state index in [-0.39, 0.29) is 6.10 Å². The highest BCUT2D eigenvalue weighted by atomic mass is 35.5. The average molecular weight is 322 g/mol. The van der Waals surface area contributed by atoms with E-state index < -0.39 is 0 Å². The van der Waals surface area contributed by atoms with Crippen molar-refractivity contribution in [2.75, 3.05) is 31.5 Å². The quantitative estimate of drug-likeness (QED) is 0.782. The Morgan fingerprint density at radius 1 is 1.27 bits per heavy atom. The van der Waals surface area contributed by atoms with Gasteiger partial charge in [0.25, 0.3) is 0 Å². The molecule has 2 rings (SSSR count). The third-order valence-corrected chi connectivity index (χ3v) is 4.10. The van der Waals surface area contributed by atoms with Crippen molar-refractivity contribution in [2.45, 2.75) is 26.4 Å². The van der Waals surface area contributed by atoms with Gasteiger partial charge in [0.05, 0.1) is 11.6 Å². The number of halogens is 1. The number of rotatable bonds is 8. The fraction of sp³-hybridized carbons (Fsp3) is 0.471. The molecular formula is C17H24ClN3O. The molecule has 0 saturated heterocycles. The Morgan fingerprint density at radius 3 is 2.77 bits per heavy atom. The number of likely N-dealkylation sites (N-methyl/N-ethyl adjacent to an activating group) is 1. The number of aliphatic hydroxyl groups excluding tert-OH is 1. The molecule has 0 aliphatic heterocycles. The number of nitrogens with zero attached hydrogens (tertiary/aromatic N) is 2. The van der Waals surface area contributed by atoms with Gasteiger partial charge in [-0.05, 0) is 43.8 Å². The highest BCUT2D eigenvalue weighted by molar-refractivity contribution is 6.31. The minimum absolute atomic E-state index is 0.310. The zero-order valence-electron chi connectivity index (χ0n) is 13.2. The van der Waals surface area contributed by atoms with Crippen LogP contribution in [0.3, 0.4) is 0 Å².